The molecule has 2 heterocycles. The molecule has 1 saturated heterocycles. The summed E-state index contributed by atoms with van der Waals surface area (Å²) in [5.74, 6) is 1.75. The van der Waals surface area contributed by atoms with Gasteiger partial charge in [-0.1, -0.05) is 18.2 Å². The third-order valence-corrected chi connectivity index (χ3v) is 5.84. The summed E-state index contributed by atoms with van der Waals surface area (Å²) < 4.78 is 5.94. The summed E-state index contributed by atoms with van der Waals surface area (Å²) in [5, 5.41) is 16.3. The summed E-state index contributed by atoms with van der Waals surface area (Å²) in [5.41, 5.74) is 3.22. The second kappa shape index (κ2) is 9.98. The van der Waals surface area contributed by atoms with Crippen LogP contribution in [0.3, 0.4) is 0 Å². The summed E-state index contributed by atoms with van der Waals surface area (Å²) in [6, 6.07) is 13.7. The van der Waals surface area contributed by atoms with Crippen molar-refractivity contribution in [2.75, 3.05) is 30.8 Å². The van der Waals surface area contributed by atoms with Crippen molar-refractivity contribution in [2.24, 2.45) is 0 Å². The van der Waals surface area contributed by atoms with Crippen molar-refractivity contribution in [3.05, 3.63) is 64.3 Å². The number of hydrogen-bond donors (Lipinski definition) is 3. The summed E-state index contributed by atoms with van der Waals surface area (Å²) in [6.07, 6.45) is 4.32. The number of methoxy groups -OCH3 is 1. The summed E-state index contributed by atoms with van der Waals surface area (Å²) in [6.45, 7) is 3.92. The third kappa shape index (κ3) is 5.65. The van der Waals surface area contributed by atoms with Crippen LogP contribution in [0.1, 0.15) is 24.0 Å². The number of aromatic nitrogens is 2. The lowest BCUT2D eigenvalue weighted by Crippen LogP contribution is -2.18. The van der Waals surface area contributed by atoms with Gasteiger partial charge in [-0.2, -0.15) is 4.98 Å². The maximum absolute atomic E-state index is 9.74. The van der Waals surface area contributed by atoms with E-state index in [-0.39, 0.29) is 5.75 Å². The highest BCUT2D eigenvalue weighted by Gasteiger charge is 2.12. The van der Waals surface area contributed by atoms with E-state index in [1.165, 1.54) is 38.6 Å². The molecule has 1 fully saturated rings. The molecule has 0 amide bonds. The second-order valence-electron chi connectivity index (χ2n) is 7.56. The molecule has 0 aliphatic carbocycles. The molecular formula is C23H26BrN5O2. The molecule has 1 aromatic heterocycles. The van der Waals surface area contributed by atoms with Gasteiger partial charge < -0.3 is 20.5 Å². The van der Waals surface area contributed by atoms with Gasteiger partial charge in [-0.05, 0) is 77.3 Å². The van der Waals surface area contributed by atoms with Gasteiger partial charge in [-0.15, -0.1) is 0 Å². The lowest BCUT2D eigenvalue weighted by Gasteiger charge is -2.15. The van der Waals surface area contributed by atoms with Crippen LogP contribution >= 0.6 is 15.9 Å². The number of rotatable bonds is 8. The molecule has 3 N–H and O–H groups in total. The Morgan fingerprint density at radius 2 is 1.84 bits per heavy atom. The number of aromatic hydroxyl groups is 1. The van der Waals surface area contributed by atoms with Crippen LogP contribution in [0.4, 0.5) is 17.5 Å². The molecule has 0 saturated carbocycles. The Balaban J connectivity index is 1.39. The van der Waals surface area contributed by atoms with Gasteiger partial charge in [0.05, 0.1) is 11.6 Å². The Kier molecular flexibility index (Phi) is 6.89. The molecule has 8 heteroatoms. The molecule has 162 valence electrons. The Morgan fingerprint density at radius 3 is 2.58 bits per heavy atom. The fourth-order valence-corrected chi connectivity index (χ4v) is 3.92. The Morgan fingerprint density at radius 1 is 1.10 bits per heavy atom. The van der Waals surface area contributed by atoms with Crippen LogP contribution in [-0.2, 0) is 13.1 Å². The van der Waals surface area contributed by atoms with Crippen molar-refractivity contribution in [2.45, 2.75) is 25.9 Å². The van der Waals surface area contributed by atoms with Crippen molar-refractivity contribution in [3.8, 4) is 11.5 Å². The van der Waals surface area contributed by atoms with E-state index in [2.05, 4.69) is 65.7 Å². The molecule has 2 aromatic carbocycles. The molecule has 0 bridgehead atoms. The monoisotopic (exact) mass is 483 g/mol. The zero-order chi connectivity index (χ0) is 21.6. The summed E-state index contributed by atoms with van der Waals surface area (Å²) in [7, 11) is 1.53. The van der Waals surface area contributed by atoms with Crippen LogP contribution in [0.2, 0.25) is 0 Å². The minimum absolute atomic E-state index is 0.118. The normalized spacial score (nSPS) is 13.9. The zero-order valence-corrected chi connectivity index (χ0v) is 19.0. The molecule has 7 nitrogen and oxygen atoms in total. The second-order valence-corrected chi connectivity index (χ2v) is 8.41. The minimum Gasteiger partial charge on any atom is -0.504 e. The van der Waals surface area contributed by atoms with Crippen LogP contribution in [0.25, 0.3) is 0 Å². The van der Waals surface area contributed by atoms with Crippen molar-refractivity contribution in [3.63, 3.8) is 0 Å². The van der Waals surface area contributed by atoms with Crippen molar-refractivity contribution < 1.29 is 9.84 Å². The van der Waals surface area contributed by atoms with Crippen LogP contribution in [0, 0.1) is 0 Å². The van der Waals surface area contributed by atoms with Crippen molar-refractivity contribution >= 4 is 33.4 Å². The fourth-order valence-electron chi connectivity index (χ4n) is 3.59. The van der Waals surface area contributed by atoms with E-state index in [1.54, 1.807) is 18.3 Å². The molecule has 1 aliphatic heterocycles. The smallest absolute Gasteiger partial charge is 0.229 e. The van der Waals surface area contributed by atoms with Gasteiger partial charge in [0.15, 0.2) is 11.5 Å². The van der Waals surface area contributed by atoms with E-state index in [0.717, 1.165) is 22.3 Å². The van der Waals surface area contributed by atoms with Crippen LogP contribution in [0.15, 0.2) is 53.1 Å². The Bertz CT molecular complexity index is 1020. The third-order valence-electron chi connectivity index (χ3n) is 5.26. The highest BCUT2D eigenvalue weighted by atomic mass is 79.9. The van der Waals surface area contributed by atoms with Crippen LogP contribution in [0.5, 0.6) is 11.5 Å². The largest absolute Gasteiger partial charge is 0.504 e. The molecule has 0 spiro atoms. The van der Waals surface area contributed by atoms with Gasteiger partial charge in [0.1, 0.15) is 5.82 Å². The zero-order valence-electron chi connectivity index (χ0n) is 17.4. The number of nitrogens with one attached hydrogen (secondary N) is 2. The van der Waals surface area contributed by atoms with Crippen LogP contribution in [-0.4, -0.2) is 40.2 Å². The van der Waals surface area contributed by atoms with Gasteiger partial charge in [0.25, 0.3) is 0 Å². The van der Waals surface area contributed by atoms with Gasteiger partial charge in [-0.25, -0.2) is 4.98 Å². The Hall–Kier alpha value is -2.84. The van der Waals surface area contributed by atoms with E-state index in [4.69, 9.17) is 4.74 Å². The molecule has 0 radical (unpaired) electrons. The number of anilines is 3. The number of nitrogens with zero attached hydrogens (tertiary/aromatic N) is 3. The molecule has 3 aromatic rings. The standard InChI is InChI=1S/C23H26BrN5O2/c1-31-21-12-17(6-9-20(21)30)13-25-22-19(24)14-26-23(28-22)27-18-7-4-16(5-8-18)15-29-10-2-3-11-29/h4-9,12,14,30H,2-3,10-11,13,15H2,1H3,(H2,25,26,27,28). The van der Waals surface area contributed by atoms with Gasteiger partial charge in [-0.3, -0.25) is 4.90 Å². The number of phenols is 1. The van der Waals surface area contributed by atoms with E-state index < -0.39 is 0 Å². The van der Waals surface area contributed by atoms with Gasteiger partial charge in [0.2, 0.25) is 5.95 Å². The first-order valence-corrected chi connectivity index (χ1v) is 11.1. The molecule has 1 aliphatic rings. The highest BCUT2D eigenvalue weighted by Crippen LogP contribution is 2.27. The quantitative estimate of drug-likeness (QED) is 0.419. The van der Waals surface area contributed by atoms with Crippen molar-refractivity contribution in [1.82, 2.24) is 14.9 Å². The van der Waals surface area contributed by atoms with Crippen molar-refractivity contribution in [1.29, 1.82) is 0 Å². The lowest BCUT2D eigenvalue weighted by atomic mass is 10.2. The first-order chi connectivity index (χ1) is 15.1. The molecule has 31 heavy (non-hydrogen) atoms. The molecule has 4 rings (SSSR count). The molecule has 0 atom stereocenters. The molecular weight excluding hydrogens is 458 g/mol. The minimum atomic E-state index is 0.118. The predicted molar refractivity (Wildman–Crippen MR) is 126 cm³/mol. The average Bonchev–Trinajstić information content (AvgIpc) is 3.29. The van der Waals surface area contributed by atoms with E-state index >= 15 is 0 Å². The van der Waals surface area contributed by atoms with E-state index in [9.17, 15) is 5.11 Å². The predicted octanol–water partition coefficient (Wildman–Crippen LogP) is 4.90. The number of hydrogen-bond acceptors (Lipinski definition) is 7. The number of halogens is 1. The van der Waals surface area contributed by atoms with Gasteiger partial charge >= 0.3 is 0 Å². The van der Waals surface area contributed by atoms with Gasteiger partial charge in [0, 0.05) is 25.0 Å². The topological polar surface area (TPSA) is 82.5 Å². The SMILES string of the molecule is COc1cc(CNc2nc(Nc3ccc(CN4CCCC4)cc3)ncc2Br)ccc1O. The Labute approximate surface area is 190 Å². The number of likely N-dealkylation sites (tertiary alicyclic amines) is 1. The number of benzene rings is 2. The first kappa shape index (κ1) is 21.4. The fraction of sp³-hybridized carbons (Fsp3) is 0.304. The average molecular weight is 484 g/mol. The summed E-state index contributed by atoms with van der Waals surface area (Å²) >= 11 is 3.50. The number of ether oxygens (including phenoxy) is 1. The molecule has 0 unspecified atom stereocenters. The van der Waals surface area contributed by atoms with Crippen LogP contribution < -0.4 is 15.4 Å². The number of phenolic OH excluding ortho intramolecular Hbond substituents is 1. The first-order valence-electron chi connectivity index (χ1n) is 10.3. The highest BCUT2D eigenvalue weighted by molar-refractivity contribution is 9.10. The van der Waals surface area contributed by atoms with E-state index in [0.29, 0.717) is 24.1 Å². The summed E-state index contributed by atoms with van der Waals surface area (Å²) in [4.78, 5) is 11.4. The maximum Gasteiger partial charge on any atom is 0.229 e. The maximum atomic E-state index is 9.74. The lowest BCUT2D eigenvalue weighted by molar-refractivity contribution is 0.331. The van der Waals surface area contributed by atoms with E-state index in [1.807, 2.05) is 6.07 Å².